The molecule has 2 bridgehead atoms. The van der Waals surface area contributed by atoms with Gasteiger partial charge in [0.25, 0.3) is 5.91 Å². The molecular weight excluding hydrogens is 921 g/mol. The van der Waals surface area contributed by atoms with Gasteiger partial charge in [0.15, 0.2) is 17.4 Å². The zero-order valence-corrected chi connectivity index (χ0v) is 39.0. The van der Waals surface area contributed by atoms with Crippen molar-refractivity contribution in [3.8, 4) is 5.75 Å². The van der Waals surface area contributed by atoms with Crippen LogP contribution in [0.5, 0.6) is 5.75 Å². The van der Waals surface area contributed by atoms with Crippen molar-refractivity contribution in [1.29, 1.82) is 0 Å². The number of ketones is 1. The fraction of sp³-hybridized carbons (Fsp3) is 0.659. The lowest BCUT2D eigenvalue weighted by atomic mass is 9.69. The molecule has 336 valence electrons. The SMILES string of the molecule is C.CI.COCC(COC)N1CCNCC1.COCC[C@@H]1[C@@H](C)C/C=C/C(=O)[C@@H]2CC[C@H]2CN2C[C@@]3(CCCc4cc(Cl)ccc43)COc3ccc(nc32)C(=O)NS1(=O)=O. The van der Waals surface area contributed by atoms with Crippen molar-refractivity contribution in [1.82, 2.24) is 19.9 Å². The van der Waals surface area contributed by atoms with E-state index in [0.717, 1.165) is 71.5 Å². The lowest BCUT2D eigenvalue weighted by molar-refractivity contribution is -0.122. The Hall–Kier alpha value is -2.38. The van der Waals surface area contributed by atoms with Gasteiger partial charge in [-0.3, -0.25) is 14.5 Å². The van der Waals surface area contributed by atoms with Crippen LogP contribution in [-0.2, 0) is 40.9 Å². The molecule has 5 atom stereocenters. The minimum Gasteiger partial charge on any atom is -0.489 e. The van der Waals surface area contributed by atoms with Gasteiger partial charge in [0.05, 0.1) is 31.1 Å². The largest absolute Gasteiger partial charge is 0.489 e. The number of benzene rings is 1. The van der Waals surface area contributed by atoms with Crippen LogP contribution >= 0.6 is 34.2 Å². The van der Waals surface area contributed by atoms with Gasteiger partial charge in [-0.1, -0.05) is 60.7 Å². The molecular formula is C44H67ClIN5O8S. The molecule has 5 aliphatic rings. The van der Waals surface area contributed by atoms with Crippen LogP contribution in [0.2, 0.25) is 5.02 Å². The standard InChI is InChI=1S/C33H40ClN3O6S.C9H20N2O2.CH3I.CH4/c1-21-5-3-7-28(38)25-10-8-23(25)18-37-19-33(15-4-6-22-17-24(34)9-11-26(22)33)20-43-29-13-12-27(35-31(29)37)32(39)36-44(40,41)30(21)14-16-42-2;1-12-7-9(8-13-2)11-5-3-10-4-6-11;1-2;/h3,7,9,11-13,17,21,23,25,30H,4-6,8,10,14-16,18-20H2,1-2H3,(H,36,39);9-10H,3-8H2,1-2H3;1H3;1H4/b7-3+;;;/t21-,23-,25+,30+,33-;;;/m0.../s1. The van der Waals surface area contributed by atoms with Crippen molar-refractivity contribution in [2.45, 2.75) is 76.0 Å². The number of aryl methyl sites for hydroxylation is 1. The number of pyridine rings is 1. The van der Waals surface area contributed by atoms with Crippen LogP contribution in [0, 0.1) is 17.8 Å². The van der Waals surface area contributed by atoms with E-state index in [9.17, 15) is 18.0 Å². The normalized spacial score (nSPS) is 26.8. The highest BCUT2D eigenvalue weighted by molar-refractivity contribution is 14.1. The molecule has 3 aliphatic heterocycles. The molecule has 1 amide bonds. The van der Waals surface area contributed by atoms with Gasteiger partial charge < -0.3 is 29.2 Å². The number of fused-ring (bicyclic) bond motifs is 4. The molecule has 7 rings (SSSR count). The van der Waals surface area contributed by atoms with Gasteiger partial charge in [-0.25, -0.2) is 18.1 Å². The summed E-state index contributed by atoms with van der Waals surface area (Å²) in [5.41, 5.74) is 2.08. The fourth-order valence-electron chi connectivity index (χ4n) is 9.15. The van der Waals surface area contributed by atoms with Crippen molar-refractivity contribution in [2.75, 3.05) is 96.9 Å². The second kappa shape index (κ2) is 23.9. The average Bonchev–Trinajstić information content (AvgIpc) is 3.36. The van der Waals surface area contributed by atoms with E-state index in [1.807, 2.05) is 24.0 Å². The highest BCUT2D eigenvalue weighted by Crippen LogP contribution is 2.45. The predicted molar refractivity (Wildman–Crippen MR) is 247 cm³/mol. The molecule has 13 nitrogen and oxygen atoms in total. The average molecular weight is 988 g/mol. The minimum absolute atomic E-state index is 0. The molecule has 2 N–H and O–H groups in total. The number of ether oxygens (including phenoxy) is 4. The van der Waals surface area contributed by atoms with Gasteiger partial charge in [0.1, 0.15) is 5.69 Å². The van der Waals surface area contributed by atoms with E-state index >= 15 is 0 Å². The number of carbonyl (C=O) groups excluding carboxylic acids is 2. The first-order chi connectivity index (χ1) is 28.5. The van der Waals surface area contributed by atoms with Gasteiger partial charge >= 0.3 is 0 Å². The summed E-state index contributed by atoms with van der Waals surface area (Å²) in [4.78, 5) is 38.1. The summed E-state index contributed by atoms with van der Waals surface area (Å²) in [6.45, 7) is 9.49. The van der Waals surface area contributed by atoms with Crippen LogP contribution in [0.1, 0.15) is 74.5 Å². The van der Waals surface area contributed by atoms with Crippen LogP contribution in [0.15, 0.2) is 42.5 Å². The number of hydrogen-bond acceptors (Lipinski definition) is 12. The highest BCUT2D eigenvalue weighted by Gasteiger charge is 2.45. The summed E-state index contributed by atoms with van der Waals surface area (Å²) in [5.74, 6) is -0.00478. The molecule has 1 aromatic carbocycles. The molecule has 16 heteroatoms. The third kappa shape index (κ3) is 12.4. The van der Waals surface area contributed by atoms with E-state index in [4.69, 9.17) is 35.5 Å². The van der Waals surface area contributed by atoms with Gasteiger partial charge in [0.2, 0.25) is 10.0 Å². The Kier molecular flexibility index (Phi) is 20.0. The van der Waals surface area contributed by atoms with E-state index in [0.29, 0.717) is 48.7 Å². The molecule has 2 fully saturated rings. The summed E-state index contributed by atoms with van der Waals surface area (Å²) < 4.78 is 51.3. The van der Waals surface area contributed by atoms with E-state index in [2.05, 4.69) is 48.5 Å². The van der Waals surface area contributed by atoms with Gasteiger partial charge in [-0.15, -0.1) is 0 Å². The Morgan fingerprint density at radius 2 is 1.78 bits per heavy atom. The van der Waals surface area contributed by atoms with Crippen LogP contribution in [-0.4, -0.2) is 133 Å². The number of rotatable bonds is 8. The Morgan fingerprint density at radius 3 is 2.45 bits per heavy atom. The number of allylic oxidation sites excluding steroid dienone is 2. The maximum atomic E-state index is 13.5. The number of halogens is 2. The quantitative estimate of drug-likeness (QED) is 0.233. The lowest BCUT2D eigenvalue weighted by Crippen LogP contribution is -2.51. The topological polar surface area (TPSA) is 149 Å². The second-order valence-corrected chi connectivity index (χ2v) is 18.6. The first kappa shape index (κ1) is 50.3. The molecule has 2 aliphatic carbocycles. The summed E-state index contributed by atoms with van der Waals surface area (Å²) in [6.07, 6.45) is 8.57. The number of alkyl halides is 1. The molecule has 60 heavy (non-hydrogen) atoms. The third-order valence-electron chi connectivity index (χ3n) is 12.4. The van der Waals surface area contributed by atoms with E-state index in [-0.39, 0.29) is 55.1 Å². The van der Waals surface area contributed by atoms with Crippen molar-refractivity contribution >= 4 is 61.7 Å². The molecule has 1 saturated heterocycles. The van der Waals surface area contributed by atoms with E-state index in [1.165, 1.54) is 24.3 Å². The molecule has 4 heterocycles. The number of carbonyl (C=O) groups is 2. The zero-order chi connectivity index (χ0) is 42.6. The monoisotopic (exact) mass is 987 g/mol. The van der Waals surface area contributed by atoms with E-state index in [1.54, 1.807) is 32.4 Å². The fourth-order valence-corrected chi connectivity index (χ4v) is 11.0. The molecule has 0 radical (unpaired) electrons. The first-order valence-corrected chi connectivity index (χ1v) is 24.8. The number of sulfonamides is 1. The predicted octanol–water partition coefficient (Wildman–Crippen LogP) is 6.10. The molecule has 1 spiro atoms. The first-order valence-electron chi connectivity index (χ1n) is 20.7. The van der Waals surface area contributed by atoms with E-state index < -0.39 is 21.2 Å². The number of anilines is 1. The molecule has 1 aromatic heterocycles. The minimum atomic E-state index is -4.09. The zero-order valence-electron chi connectivity index (χ0n) is 35.2. The van der Waals surface area contributed by atoms with Gasteiger partial charge in [-0.2, -0.15) is 0 Å². The van der Waals surface area contributed by atoms with Crippen molar-refractivity contribution in [3.63, 3.8) is 0 Å². The second-order valence-electron chi connectivity index (χ2n) is 16.2. The van der Waals surface area contributed by atoms with Crippen molar-refractivity contribution < 1.29 is 37.0 Å². The summed E-state index contributed by atoms with van der Waals surface area (Å²) in [6, 6.07) is 9.71. The van der Waals surface area contributed by atoms with Crippen LogP contribution in [0.3, 0.4) is 0 Å². The van der Waals surface area contributed by atoms with Crippen molar-refractivity contribution in [3.05, 3.63) is 64.3 Å². The summed E-state index contributed by atoms with van der Waals surface area (Å²) in [5, 5.41) is 3.14. The molecule has 2 aromatic rings. The maximum absolute atomic E-state index is 13.5. The number of piperazine rings is 1. The smallest absolute Gasteiger partial charge is 0.283 e. The number of amides is 1. The summed E-state index contributed by atoms with van der Waals surface area (Å²) in [7, 11) is 0.906. The van der Waals surface area contributed by atoms with Crippen LogP contribution in [0.4, 0.5) is 5.82 Å². The number of nitrogens with one attached hydrogen (secondary N) is 2. The number of aromatic nitrogens is 1. The van der Waals surface area contributed by atoms with Crippen LogP contribution < -0.4 is 19.7 Å². The maximum Gasteiger partial charge on any atom is 0.283 e. The van der Waals surface area contributed by atoms with Crippen LogP contribution in [0.25, 0.3) is 0 Å². The van der Waals surface area contributed by atoms with Gasteiger partial charge in [-0.05, 0) is 103 Å². The molecule has 1 saturated carbocycles. The Bertz CT molecular complexity index is 1840. The highest BCUT2D eigenvalue weighted by atomic mass is 127. The lowest BCUT2D eigenvalue weighted by Gasteiger charge is -2.43. The number of methoxy groups -OCH3 is 3. The number of hydrogen-bond donors (Lipinski definition) is 2. The van der Waals surface area contributed by atoms with Crippen molar-refractivity contribution in [2.24, 2.45) is 17.8 Å². The van der Waals surface area contributed by atoms with Gasteiger partial charge in [0, 0.05) is 83.6 Å². The third-order valence-corrected chi connectivity index (χ3v) is 14.6. The summed E-state index contributed by atoms with van der Waals surface area (Å²) >= 11 is 8.53. The number of nitrogens with zero attached hydrogens (tertiary/aromatic N) is 3. The Balaban J connectivity index is 0.000000423. The Labute approximate surface area is 377 Å². The Morgan fingerprint density at radius 1 is 1.05 bits per heavy atom. The molecule has 0 unspecified atom stereocenters.